The van der Waals surface area contributed by atoms with Gasteiger partial charge < -0.3 is 0 Å². The Labute approximate surface area is 249 Å². The molecule has 220 valence electrons. The summed E-state index contributed by atoms with van der Waals surface area (Å²) in [7, 11) is 0. The van der Waals surface area contributed by atoms with Crippen molar-refractivity contribution in [2.24, 2.45) is 0 Å². The van der Waals surface area contributed by atoms with Gasteiger partial charge in [0.25, 0.3) is 0 Å². The minimum Gasteiger partial charge on any atom is -0.0856 e. The van der Waals surface area contributed by atoms with Crippen molar-refractivity contribution in [2.45, 2.75) is 121 Å². The largest absolute Gasteiger partial charge is 0.0856 e. The zero-order valence-electron chi connectivity index (χ0n) is 27.7. The second-order valence-corrected chi connectivity index (χ2v) is 11.8. The molecule has 0 heterocycles. The van der Waals surface area contributed by atoms with Gasteiger partial charge in [-0.1, -0.05) is 130 Å². The summed E-state index contributed by atoms with van der Waals surface area (Å²) in [5.74, 6) is 0. The maximum atomic E-state index is 2.40. The van der Waals surface area contributed by atoms with Crippen molar-refractivity contribution >= 4 is 0 Å². The molecule has 0 rings (SSSR count). The van der Waals surface area contributed by atoms with Gasteiger partial charge in [-0.2, -0.15) is 0 Å². The molecule has 0 aliphatic rings. The molecule has 0 radical (unpaired) electrons. The number of hydrogen-bond donors (Lipinski definition) is 0. The molecule has 0 nitrogen and oxygen atoms in total. The van der Waals surface area contributed by atoms with E-state index in [0.717, 1.165) is 38.5 Å². The number of hydrogen-bond acceptors (Lipinski definition) is 0. The predicted molar refractivity (Wildman–Crippen MR) is 186 cm³/mol. The molecule has 40 heavy (non-hydrogen) atoms. The van der Waals surface area contributed by atoms with Crippen molar-refractivity contribution in [1.29, 1.82) is 0 Å². The van der Waals surface area contributed by atoms with E-state index in [-0.39, 0.29) is 0 Å². The van der Waals surface area contributed by atoms with Crippen molar-refractivity contribution in [3.05, 3.63) is 130 Å². The van der Waals surface area contributed by atoms with Gasteiger partial charge in [0.05, 0.1) is 0 Å². The SMILES string of the molecule is CC(C)=CCC/C(C)=C/CC\C(C)=C/C=C/C(C)=C/C=C/C=C(C)/C=C/C=C(/C)CC/C=C(\C)CCC=C(C)C. The van der Waals surface area contributed by atoms with Gasteiger partial charge in [0.1, 0.15) is 0 Å². The molecule has 0 aromatic carbocycles. The second kappa shape index (κ2) is 24.0. The summed E-state index contributed by atoms with van der Waals surface area (Å²) in [6, 6.07) is 0. The van der Waals surface area contributed by atoms with E-state index in [4.69, 9.17) is 0 Å². The van der Waals surface area contributed by atoms with Gasteiger partial charge in [-0.15, -0.1) is 0 Å². The minimum atomic E-state index is 1.12. The van der Waals surface area contributed by atoms with Crippen LogP contribution in [0.3, 0.4) is 0 Å². The van der Waals surface area contributed by atoms with Crippen LogP contribution < -0.4 is 0 Å². The highest BCUT2D eigenvalue weighted by Gasteiger charge is 1.92. The average Bonchev–Trinajstić information content (AvgIpc) is 2.86. The van der Waals surface area contributed by atoms with Crippen LogP contribution in [-0.2, 0) is 0 Å². The van der Waals surface area contributed by atoms with Crippen LogP contribution in [0.1, 0.15) is 121 Å². The van der Waals surface area contributed by atoms with Gasteiger partial charge in [0, 0.05) is 0 Å². The molecule has 0 aromatic heterocycles. The fraction of sp³-hybridized carbons (Fsp3) is 0.450. The van der Waals surface area contributed by atoms with Crippen molar-refractivity contribution in [2.75, 3.05) is 0 Å². The van der Waals surface area contributed by atoms with E-state index in [0.29, 0.717) is 0 Å². The Morgan fingerprint density at radius 2 is 0.675 bits per heavy atom. The first-order valence-electron chi connectivity index (χ1n) is 15.3. The fourth-order valence-electron chi connectivity index (χ4n) is 3.89. The lowest BCUT2D eigenvalue weighted by Gasteiger charge is -2.00. The van der Waals surface area contributed by atoms with Gasteiger partial charge in [-0.25, -0.2) is 0 Å². The van der Waals surface area contributed by atoms with E-state index in [1.807, 2.05) is 0 Å². The minimum absolute atomic E-state index is 1.12. The van der Waals surface area contributed by atoms with Gasteiger partial charge in [0.15, 0.2) is 0 Å². The zero-order valence-corrected chi connectivity index (χ0v) is 27.7. The summed E-state index contributed by atoms with van der Waals surface area (Å²) >= 11 is 0. The molecule has 0 spiro atoms. The molecule has 0 atom stereocenters. The monoisotopic (exact) mass is 540 g/mol. The van der Waals surface area contributed by atoms with Crippen LogP contribution in [0.25, 0.3) is 0 Å². The molecule has 0 bridgehead atoms. The molecule has 0 fully saturated rings. The predicted octanol–water partition coefficient (Wildman–Crippen LogP) is 13.4. The summed E-state index contributed by atoms with van der Waals surface area (Å²) in [5.41, 5.74) is 11.1. The fourth-order valence-corrected chi connectivity index (χ4v) is 3.89. The molecule has 0 saturated carbocycles. The van der Waals surface area contributed by atoms with E-state index in [1.165, 1.54) is 57.4 Å². The van der Waals surface area contributed by atoms with Crippen LogP contribution in [0.15, 0.2) is 130 Å². The summed E-state index contributed by atoms with van der Waals surface area (Å²) in [5, 5.41) is 0. The lowest BCUT2D eigenvalue weighted by Crippen LogP contribution is -1.80. The number of rotatable bonds is 18. The standard InChI is InChI=1S/C40H60/c1-33(2)19-13-23-37(7)27-17-31-39(9)29-15-25-35(5)21-11-12-22-36(6)26-16-30-40(10)32-18-28-38(8)24-14-20-34(3)4/h11-12,15-16,19-22,25-30H,13-14,17-18,23-24,31-32H2,1-10H3/b12-11+,25-15+,26-16+,35-21+,36-22+,37-27+,38-28+,39-29-,40-30-. The van der Waals surface area contributed by atoms with E-state index >= 15 is 0 Å². The topological polar surface area (TPSA) is 0 Å². The summed E-state index contributed by atoms with van der Waals surface area (Å²) in [6.45, 7) is 21.9. The first kappa shape index (κ1) is 37.1. The first-order chi connectivity index (χ1) is 19.0. The second-order valence-electron chi connectivity index (χ2n) is 11.8. The Balaban J connectivity index is 4.51. The quantitative estimate of drug-likeness (QED) is 0.120. The average molecular weight is 541 g/mol. The van der Waals surface area contributed by atoms with Crippen LogP contribution in [0.2, 0.25) is 0 Å². The molecule has 0 aromatic rings. The summed E-state index contributed by atoms with van der Waals surface area (Å²) in [6.07, 6.45) is 40.3. The highest BCUT2D eigenvalue weighted by Crippen LogP contribution is 2.13. The maximum Gasteiger partial charge on any atom is -0.0285 e. The third kappa shape index (κ3) is 25.4. The van der Waals surface area contributed by atoms with Crippen LogP contribution in [0.5, 0.6) is 0 Å². The van der Waals surface area contributed by atoms with Crippen LogP contribution >= 0.6 is 0 Å². The van der Waals surface area contributed by atoms with E-state index < -0.39 is 0 Å². The van der Waals surface area contributed by atoms with E-state index in [9.17, 15) is 0 Å². The maximum absolute atomic E-state index is 2.40. The van der Waals surface area contributed by atoms with Crippen molar-refractivity contribution in [3.8, 4) is 0 Å². The lowest BCUT2D eigenvalue weighted by molar-refractivity contribution is 0.918. The Bertz CT molecular complexity index is 967. The van der Waals surface area contributed by atoms with Gasteiger partial charge in [-0.3, -0.25) is 0 Å². The third-order valence-corrected chi connectivity index (χ3v) is 6.55. The lowest BCUT2D eigenvalue weighted by atomic mass is 10.1. The Morgan fingerprint density at radius 3 is 1.02 bits per heavy atom. The van der Waals surface area contributed by atoms with Crippen LogP contribution in [-0.4, -0.2) is 0 Å². The summed E-state index contributed by atoms with van der Waals surface area (Å²) in [4.78, 5) is 0. The van der Waals surface area contributed by atoms with E-state index in [2.05, 4.69) is 154 Å². The Kier molecular flexibility index (Phi) is 22.3. The Morgan fingerprint density at radius 1 is 0.350 bits per heavy atom. The van der Waals surface area contributed by atoms with Crippen LogP contribution in [0, 0.1) is 0 Å². The molecule has 0 N–H and O–H groups in total. The van der Waals surface area contributed by atoms with Crippen molar-refractivity contribution in [3.63, 3.8) is 0 Å². The highest BCUT2D eigenvalue weighted by molar-refractivity contribution is 5.30. The van der Waals surface area contributed by atoms with Gasteiger partial charge >= 0.3 is 0 Å². The third-order valence-electron chi connectivity index (χ3n) is 6.55. The molecule has 0 saturated heterocycles. The zero-order chi connectivity index (χ0) is 30.2. The molecule has 0 aliphatic carbocycles. The molecule has 0 heteroatoms. The Hall–Kier alpha value is -2.86. The summed E-state index contributed by atoms with van der Waals surface area (Å²) < 4.78 is 0. The molecule has 0 aliphatic heterocycles. The van der Waals surface area contributed by atoms with Crippen LogP contribution in [0.4, 0.5) is 0 Å². The first-order valence-corrected chi connectivity index (χ1v) is 15.3. The van der Waals surface area contributed by atoms with Crippen molar-refractivity contribution < 1.29 is 0 Å². The normalized spacial score (nSPS) is 14.7. The highest BCUT2D eigenvalue weighted by atomic mass is 14.0. The van der Waals surface area contributed by atoms with E-state index in [1.54, 1.807) is 0 Å². The smallest absolute Gasteiger partial charge is 0.0285 e. The molecule has 0 amide bonds. The molecular weight excluding hydrogens is 480 g/mol. The molecular formula is C40H60. The van der Waals surface area contributed by atoms with Gasteiger partial charge in [-0.05, 0) is 121 Å². The molecule has 0 unspecified atom stereocenters. The van der Waals surface area contributed by atoms with Gasteiger partial charge in [0.2, 0.25) is 0 Å². The van der Waals surface area contributed by atoms with Crippen molar-refractivity contribution in [1.82, 2.24) is 0 Å². The number of allylic oxidation sites excluding steroid dienone is 22.